The summed E-state index contributed by atoms with van der Waals surface area (Å²) in [6, 6.07) is 13.2. The number of ether oxygens (including phenoxy) is 2. The van der Waals surface area contributed by atoms with Crippen molar-refractivity contribution >= 4 is 22.8 Å². The Morgan fingerprint density at radius 2 is 1.89 bits per heavy atom. The first-order valence-electron chi connectivity index (χ1n) is 8.71. The van der Waals surface area contributed by atoms with Crippen molar-refractivity contribution in [3.63, 3.8) is 0 Å². The Morgan fingerprint density at radius 1 is 1.14 bits per heavy atom. The third kappa shape index (κ3) is 4.69. The van der Waals surface area contributed by atoms with Crippen LogP contribution in [-0.4, -0.2) is 36.7 Å². The Labute approximate surface area is 161 Å². The van der Waals surface area contributed by atoms with Crippen LogP contribution in [0.2, 0.25) is 0 Å². The van der Waals surface area contributed by atoms with E-state index in [0.29, 0.717) is 16.7 Å². The molecule has 0 aliphatic carbocycles. The van der Waals surface area contributed by atoms with Gasteiger partial charge in [-0.15, -0.1) is 0 Å². The van der Waals surface area contributed by atoms with Gasteiger partial charge < -0.3 is 24.3 Å². The van der Waals surface area contributed by atoms with Gasteiger partial charge in [0.15, 0.2) is 11.8 Å². The molecular weight excluding hydrogens is 362 g/mol. The highest BCUT2D eigenvalue weighted by atomic mass is 16.5. The molecule has 2 aromatic carbocycles. The minimum absolute atomic E-state index is 0.0213. The summed E-state index contributed by atoms with van der Waals surface area (Å²) < 4.78 is 16.1. The van der Waals surface area contributed by atoms with Gasteiger partial charge in [0, 0.05) is 5.39 Å². The summed E-state index contributed by atoms with van der Waals surface area (Å²) in [6.45, 7) is 2.07. The first-order chi connectivity index (χ1) is 13.5. The second kappa shape index (κ2) is 8.58. The van der Waals surface area contributed by atoms with E-state index in [0.717, 1.165) is 11.1 Å². The minimum Gasteiger partial charge on any atom is -0.497 e. The number of aliphatic carboxylic acids is 1. The molecule has 28 heavy (non-hydrogen) atoms. The normalized spacial score (nSPS) is 11.9. The maximum atomic E-state index is 12.4. The molecule has 1 aromatic heterocycles. The molecule has 1 heterocycles. The number of aryl methyl sites for hydroxylation is 1. The molecule has 146 valence electrons. The van der Waals surface area contributed by atoms with Crippen LogP contribution in [0.3, 0.4) is 0 Å². The van der Waals surface area contributed by atoms with Gasteiger partial charge in [0.05, 0.1) is 20.3 Å². The summed E-state index contributed by atoms with van der Waals surface area (Å²) in [5, 5.41) is 12.5. The van der Waals surface area contributed by atoms with Gasteiger partial charge in [-0.1, -0.05) is 29.8 Å². The first-order valence-corrected chi connectivity index (χ1v) is 8.71. The summed E-state index contributed by atoms with van der Waals surface area (Å²) in [5.41, 5.74) is 2.56. The number of carbonyl (C=O) groups is 2. The molecule has 1 atom stereocenters. The number of fused-ring (bicyclic) bond motifs is 1. The van der Waals surface area contributed by atoms with Crippen LogP contribution in [0.1, 0.15) is 21.7 Å². The molecule has 0 unspecified atom stereocenters. The number of methoxy groups -OCH3 is 1. The quantitative estimate of drug-likeness (QED) is 0.620. The number of nitrogens with one attached hydrogen (secondary N) is 1. The number of amides is 1. The van der Waals surface area contributed by atoms with Crippen molar-refractivity contribution in [3.8, 4) is 5.75 Å². The van der Waals surface area contributed by atoms with Gasteiger partial charge in [-0.3, -0.25) is 4.79 Å². The lowest BCUT2D eigenvalue weighted by Crippen LogP contribution is -2.43. The Morgan fingerprint density at radius 3 is 2.57 bits per heavy atom. The molecule has 0 saturated carbocycles. The second-order valence-electron chi connectivity index (χ2n) is 6.38. The number of carboxylic acid groups (broad SMARTS) is 1. The van der Waals surface area contributed by atoms with E-state index in [2.05, 4.69) is 5.32 Å². The number of hydrogen-bond donors (Lipinski definition) is 2. The van der Waals surface area contributed by atoms with Crippen LogP contribution in [-0.2, 0) is 16.1 Å². The zero-order chi connectivity index (χ0) is 20.1. The highest BCUT2D eigenvalue weighted by Crippen LogP contribution is 2.24. The largest absolute Gasteiger partial charge is 0.497 e. The van der Waals surface area contributed by atoms with Gasteiger partial charge in [-0.05, 0) is 36.8 Å². The van der Waals surface area contributed by atoms with E-state index in [4.69, 9.17) is 13.9 Å². The molecule has 0 bridgehead atoms. The average molecular weight is 383 g/mol. The van der Waals surface area contributed by atoms with Crippen LogP contribution >= 0.6 is 0 Å². The van der Waals surface area contributed by atoms with E-state index in [1.54, 1.807) is 31.4 Å². The summed E-state index contributed by atoms with van der Waals surface area (Å²) in [6.07, 6.45) is 0. The van der Waals surface area contributed by atoms with E-state index in [1.165, 1.54) is 0 Å². The summed E-state index contributed by atoms with van der Waals surface area (Å²) >= 11 is 0. The van der Waals surface area contributed by atoms with Crippen LogP contribution in [0.4, 0.5) is 0 Å². The van der Waals surface area contributed by atoms with Crippen LogP contribution in [0.15, 0.2) is 52.9 Å². The smallest absolute Gasteiger partial charge is 0.328 e. The van der Waals surface area contributed by atoms with E-state index < -0.39 is 17.9 Å². The molecule has 0 aliphatic rings. The van der Waals surface area contributed by atoms with Gasteiger partial charge in [0.2, 0.25) is 0 Å². The molecule has 1 amide bonds. The van der Waals surface area contributed by atoms with E-state index in [1.807, 2.05) is 31.2 Å². The Balaban J connectivity index is 1.62. The molecule has 7 nitrogen and oxygen atoms in total. The van der Waals surface area contributed by atoms with Gasteiger partial charge in [0.1, 0.15) is 11.3 Å². The predicted octanol–water partition coefficient (Wildman–Crippen LogP) is 3.15. The fourth-order valence-electron chi connectivity index (χ4n) is 2.64. The molecule has 3 rings (SSSR count). The molecule has 0 saturated heterocycles. The maximum Gasteiger partial charge on any atom is 0.328 e. The predicted molar refractivity (Wildman–Crippen MR) is 102 cm³/mol. The molecule has 2 N–H and O–H groups in total. The van der Waals surface area contributed by atoms with Crippen molar-refractivity contribution in [1.82, 2.24) is 5.32 Å². The van der Waals surface area contributed by atoms with Crippen LogP contribution in [0, 0.1) is 6.92 Å². The highest BCUT2D eigenvalue weighted by molar-refractivity contribution is 5.98. The monoisotopic (exact) mass is 383 g/mol. The number of hydrogen-bond acceptors (Lipinski definition) is 5. The standard InChI is InChI=1S/C21H21NO6/c1-13-3-5-14(6-4-13)11-27-12-17(21(24)25)22-20(23)19-10-15-9-16(26-2)7-8-18(15)28-19/h3-10,17H,11-12H2,1-2H3,(H,22,23)(H,24,25)/t17-/m0/s1. The molecule has 0 fully saturated rings. The number of carbonyl (C=O) groups excluding carboxylic acids is 1. The third-order valence-electron chi connectivity index (χ3n) is 4.22. The maximum absolute atomic E-state index is 12.4. The number of rotatable bonds is 8. The van der Waals surface area contributed by atoms with Gasteiger partial charge in [0.25, 0.3) is 5.91 Å². The van der Waals surface area contributed by atoms with E-state index in [-0.39, 0.29) is 19.0 Å². The van der Waals surface area contributed by atoms with Crippen molar-refractivity contribution in [2.45, 2.75) is 19.6 Å². The topological polar surface area (TPSA) is 98.0 Å². The van der Waals surface area contributed by atoms with Gasteiger partial charge in [-0.25, -0.2) is 4.79 Å². The Bertz CT molecular complexity index is 976. The van der Waals surface area contributed by atoms with Crippen LogP contribution < -0.4 is 10.1 Å². The Hall–Kier alpha value is -3.32. The lowest BCUT2D eigenvalue weighted by Gasteiger charge is -2.14. The van der Waals surface area contributed by atoms with Gasteiger partial charge in [-0.2, -0.15) is 0 Å². The zero-order valence-electron chi connectivity index (χ0n) is 15.6. The SMILES string of the molecule is COc1ccc2oc(C(=O)N[C@@H](COCc3ccc(C)cc3)C(=O)O)cc2c1. The lowest BCUT2D eigenvalue weighted by atomic mass is 10.2. The summed E-state index contributed by atoms with van der Waals surface area (Å²) in [5.74, 6) is -1.15. The molecule has 7 heteroatoms. The lowest BCUT2D eigenvalue weighted by molar-refractivity contribution is -0.141. The highest BCUT2D eigenvalue weighted by Gasteiger charge is 2.23. The van der Waals surface area contributed by atoms with Crippen molar-refractivity contribution in [1.29, 1.82) is 0 Å². The third-order valence-corrected chi connectivity index (χ3v) is 4.22. The average Bonchev–Trinajstić information content (AvgIpc) is 3.11. The minimum atomic E-state index is -1.19. The molecule has 3 aromatic rings. The summed E-state index contributed by atoms with van der Waals surface area (Å²) in [7, 11) is 1.54. The zero-order valence-corrected chi connectivity index (χ0v) is 15.6. The first kappa shape index (κ1) is 19.4. The number of furan rings is 1. The molecule has 0 spiro atoms. The van der Waals surface area contributed by atoms with E-state index in [9.17, 15) is 14.7 Å². The molecule has 0 radical (unpaired) electrons. The van der Waals surface area contributed by atoms with Crippen molar-refractivity contribution in [2.24, 2.45) is 0 Å². The van der Waals surface area contributed by atoms with Crippen molar-refractivity contribution < 1.29 is 28.6 Å². The van der Waals surface area contributed by atoms with E-state index >= 15 is 0 Å². The fourth-order valence-corrected chi connectivity index (χ4v) is 2.64. The fraction of sp³-hybridized carbons (Fsp3) is 0.238. The van der Waals surface area contributed by atoms with Crippen molar-refractivity contribution in [3.05, 3.63) is 65.4 Å². The van der Waals surface area contributed by atoms with Crippen molar-refractivity contribution in [2.75, 3.05) is 13.7 Å². The Kier molecular flexibility index (Phi) is 5.96. The number of benzene rings is 2. The second-order valence-corrected chi connectivity index (χ2v) is 6.38. The van der Waals surface area contributed by atoms with Crippen LogP contribution in [0.25, 0.3) is 11.0 Å². The summed E-state index contributed by atoms with van der Waals surface area (Å²) in [4.78, 5) is 23.9. The molecule has 0 aliphatic heterocycles. The van der Waals surface area contributed by atoms with Gasteiger partial charge >= 0.3 is 5.97 Å². The number of carboxylic acids is 1. The molecular formula is C21H21NO6. The van der Waals surface area contributed by atoms with Crippen LogP contribution in [0.5, 0.6) is 5.75 Å².